The first kappa shape index (κ1) is 12.3. The summed E-state index contributed by atoms with van der Waals surface area (Å²) in [5.41, 5.74) is 8.24. The number of nitrogens with two attached hydrogens (primary N) is 1. The number of carboxylic acid groups (broad SMARTS) is 1. The normalized spacial score (nSPS) is 11.1. The third kappa shape index (κ3) is 1.58. The molecule has 0 spiro atoms. The second kappa shape index (κ2) is 4.12. The highest BCUT2D eigenvalue weighted by Crippen LogP contribution is 2.35. The lowest BCUT2D eigenvalue weighted by Crippen LogP contribution is -2.00. The number of aromatic carboxylic acids is 1. The van der Waals surface area contributed by atoms with Crippen molar-refractivity contribution in [3.05, 3.63) is 36.2 Å². The number of hydrogen-bond acceptors (Lipinski definition) is 3. The van der Waals surface area contributed by atoms with Gasteiger partial charge in [-0.25, -0.2) is 4.79 Å². The average Bonchev–Trinajstić information content (AvgIpc) is 2.90. The molecule has 3 N–H and O–H groups in total. The summed E-state index contributed by atoms with van der Waals surface area (Å²) in [6.07, 6.45) is 1.88. The minimum absolute atomic E-state index is 0.0265. The molecule has 0 saturated carbocycles. The van der Waals surface area contributed by atoms with Crippen LogP contribution in [-0.2, 0) is 14.1 Å². The van der Waals surface area contributed by atoms with Gasteiger partial charge >= 0.3 is 5.97 Å². The van der Waals surface area contributed by atoms with E-state index < -0.39 is 5.97 Å². The zero-order chi connectivity index (χ0) is 14.4. The monoisotopic (exact) mass is 270 g/mol. The van der Waals surface area contributed by atoms with Gasteiger partial charge in [0.15, 0.2) is 5.69 Å². The van der Waals surface area contributed by atoms with Gasteiger partial charge < -0.3 is 15.4 Å². The maximum atomic E-state index is 11.4. The number of carboxylic acids is 1. The largest absolute Gasteiger partial charge is 0.476 e. The van der Waals surface area contributed by atoms with Gasteiger partial charge in [0.25, 0.3) is 0 Å². The number of nitrogens with zero attached hydrogens (tertiary/aromatic N) is 3. The highest BCUT2D eigenvalue weighted by atomic mass is 16.4. The first-order valence-electron chi connectivity index (χ1n) is 6.11. The van der Waals surface area contributed by atoms with E-state index in [9.17, 15) is 9.90 Å². The van der Waals surface area contributed by atoms with Gasteiger partial charge in [-0.2, -0.15) is 5.10 Å². The van der Waals surface area contributed by atoms with Crippen LogP contribution in [0.2, 0.25) is 0 Å². The van der Waals surface area contributed by atoms with Crippen LogP contribution in [0.4, 0.5) is 5.82 Å². The van der Waals surface area contributed by atoms with Crippen molar-refractivity contribution in [3.63, 3.8) is 0 Å². The van der Waals surface area contributed by atoms with Gasteiger partial charge in [0.05, 0.1) is 5.56 Å². The predicted molar refractivity (Wildman–Crippen MR) is 76.5 cm³/mol. The van der Waals surface area contributed by atoms with Gasteiger partial charge in [-0.15, -0.1) is 0 Å². The van der Waals surface area contributed by atoms with Gasteiger partial charge in [0.2, 0.25) is 0 Å². The first-order chi connectivity index (χ1) is 9.50. The van der Waals surface area contributed by atoms with Crippen molar-refractivity contribution in [3.8, 4) is 11.1 Å². The van der Waals surface area contributed by atoms with Crippen LogP contribution in [0.3, 0.4) is 0 Å². The van der Waals surface area contributed by atoms with Gasteiger partial charge in [-0.3, -0.25) is 4.68 Å². The van der Waals surface area contributed by atoms with Crippen molar-refractivity contribution in [2.24, 2.45) is 14.1 Å². The number of hydrogen-bond donors (Lipinski definition) is 2. The summed E-state index contributed by atoms with van der Waals surface area (Å²) in [7, 11) is 3.55. The fourth-order valence-electron chi connectivity index (χ4n) is 2.49. The summed E-state index contributed by atoms with van der Waals surface area (Å²) in [5, 5.41) is 14.2. The molecular formula is C14H14N4O2. The molecule has 0 fully saturated rings. The van der Waals surface area contributed by atoms with E-state index in [4.69, 9.17) is 5.73 Å². The van der Waals surface area contributed by atoms with Crippen LogP contribution in [0.5, 0.6) is 0 Å². The van der Waals surface area contributed by atoms with Crippen molar-refractivity contribution in [2.75, 3.05) is 5.73 Å². The highest BCUT2D eigenvalue weighted by Gasteiger charge is 2.23. The van der Waals surface area contributed by atoms with E-state index in [0.29, 0.717) is 11.4 Å². The number of anilines is 1. The smallest absolute Gasteiger partial charge is 0.357 e. The summed E-state index contributed by atoms with van der Waals surface area (Å²) in [5.74, 6) is -0.737. The Hall–Kier alpha value is -2.76. The molecule has 0 bridgehead atoms. The Bertz CT molecular complexity index is 829. The molecule has 3 rings (SSSR count). The molecule has 1 aromatic carbocycles. The molecule has 0 aliphatic carbocycles. The Morgan fingerprint density at radius 1 is 1.30 bits per heavy atom. The fraction of sp³-hybridized carbons (Fsp3) is 0.143. The summed E-state index contributed by atoms with van der Waals surface area (Å²) in [6.45, 7) is 0. The number of aromatic nitrogens is 3. The van der Waals surface area contributed by atoms with E-state index in [0.717, 1.165) is 16.5 Å². The number of aryl methyl sites for hydroxylation is 2. The lowest BCUT2D eigenvalue weighted by atomic mass is 10.0. The van der Waals surface area contributed by atoms with Crippen LogP contribution in [0.1, 0.15) is 10.5 Å². The third-order valence-corrected chi connectivity index (χ3v) is 3.46. The Balaban J connectivity index is 2.40. The molecule has 0 aliphatic rings. The maximum absolute atomic E-state index is 11.4. The molecule has 0 aliphatic heterocycles. The van der Waals surface area contributed by atoms with E-state index >= 15 is 0 Å². The molecule has 0 atom stereocenters. The molecule has 102 valence electrons. The van der Waals surface area contributed by atoms with E-state index in [1.807, 2.05) is 42.1 Å². The lowest BCUT2D eigenvalue weighted by Gasteiger charge is -2.00. The van der Waals surface area contributed by atoms with Crippen LogP contribution in [0, 0.1) is 0 Å². The number of benzene rings is 1. The fourth-order valence-corrected chi connectivity index (χ4v) is 2.49. The molecule has 2 heterocycles. The van der Waals surface area contributed by atoms with Gasteiger partial charge in [0, 0.05) is 36.8 Å². The minimum atomic E-state index is -1.08. The van der Waals surface area contributed by atoms with Crippen LogP contribution in [0.15, 0.2) is 30.5 Å². The predicted octanol–water partition coefficient (Wildman–Crippen LogP) is 1.86. The maximum Gasteiger partial charge on any atom is 0.357 e. The quantitative estimate of drug-likeness (QED) is 0.744. The number of nitrogen functional groups attached to an aromatic ring is 1. The number of carbonyl (C=O) groups is 1. The Labute approximate surface area is 115 Å². The molecule has 0 saturated heterocycles. The summed E-state index contributed by atoms with van der Waals surface area (Å²) in [4.78, 5) is 11.4. The van der Waals surface area contributed by atoms with Crippen molar-refractivity contribution < 1.29 is 9.90 Å². The third-order valence-electron chi connectivity index (χ3n) is 3.46. The van der Waals surface area contributed by atoms with E-state index in [-0.39, 0.29) is 5.69 Å². The molecule has 20 heavy (non-hydrogen) atoms. The summed E-state index contributed by atoms with van der Waals surface area (Å²) < 4.78 is 3.34. The van der Waals surface area contributed by atoms with E-state index in [1.165, 1.54) is 4.68 Å². The van der Waals surface area contributed by atoms with Crippen molar-refractivity contribution in [1.82, 2.24) is 14.3 Å². The number of para-hydroxylation sites is 1. The average molecular weight is 270 g/mol. The van der Waals surface area contributed by atoms with Gasteiger partial charge in [-0.1, -0.05) is 18.2 Å². The molecular weight excluding hydrogens is 256 g/mol. The van der Waals surface area contributed by atoms with Gasteiger partial charge in [-0.05, 0) is 6.07 Å². The van der Waals surface area contributed by atoms with Crippen LogP contribution in [0.25, 0.3) is 22.0 Å². The molecule has 6 heteroatoms. The first-order valence-corrected chi connectivity index (χ1v) is 6.11. The second-order valence-electron chi connectivity index (χ2n) is 4.71. The van der Waals surface area contributed by atoms with Crippen molar-refractivity contribution in [2.45, 2.75) is 0 Å². The minimum Gasteiger partial charge on any atom is -0.476 e. The zero-order valence-corrected chi connectivity index (χ0v) is 11.2. The topological polar surface area (TPSA) is 86.1 Å². The van der Waals surface area contributed by atoms with Crippen molar-refractivity contribution >= 4 is 22.7 Å². The Morgan fingerprint density at radius 2 is 2.00 bits per heavy atom. The molecule has 2 aromatic heterocycles. The van der Waals surface area contributed by atoms with Crippen molar-refractivity contribution in [1.29, 1.82) is 0 Å². The van der Waals surface area contributed by atoms with Crippen LogP contribution in [-0.4, -0.2) is 25.4 Å². The Kier molecular flexibility index (Phi) is 2.53. The number of rotatable bonds is 2. The van der Waals surface area contributed by atoms with Crippen LogP contribution < -0.4 is 5.73 Å². The van der Waals surface area contributed by atoms with Crippen LogP contribution >= 0.6 is 0 Å². The molecule has 3 aromatic rings. The molecule has 6 nitrogen and oxygen atoms in total. The zero-order valence-electron chi connectivity index (χ0n) is 11.2. The summed E-state index contributed by atoms with van der Waals surface area (Å²) in [6, 6.07) is 7.78. The van der Waals surface area contributed by atoms with Gasteiger partial charge in [0.1, 0.15) is 5.82 Å². The standard InChI is InChI=1S/C14H14N4O2/c1-17-7-9(8-5-3-4-6-10(8)17)11-12(14(19)20)16-18(2)13(11)15/h3-7H,15H2,1-2H3,(H,19,20). The second-order valence-corrected chi connectivity index (χ2v) is 4.71. The van der Waals surface area contributed by atoms with E-state index in [2.05, 4.69) is 5.10 Å². The SMILES string of the molecule is Cn1nc(C(=O)O)c(-c2cn(C)c3ccccc23)c1N. The Morgan fingerprint density at radius 3 is 2.70 bits per heavy atom. The molecule has 0 radical (unpaired) electrons. The molecule has 0 unspecified atom stereocenters. The van der Waals surface area contributed by atoms with E-state index in [1.54, 1.807) is 7.05 Å². The number of fused-ring (bicyclic) bond motifs is 1. The lowest BCUT2D eigenvalue weighted by molar-refractivity contribution is 0.0690. The summed E-state index contributed by atoms with van der Waals surface area (Å²) >= 11 is 0. The highest BCUT2D eigenvalue weighted by molar-refractivity contribution is 6.05. The molecule has 0 amide bonds.